The van der Waals surface area contributed by atoms with E-state index in [1.165, 1.54) is 0 Å². The molecule has 0 aliphatic rings. The van der Waals surface area contributed by atoms with Gasteiger partial charge in [-0.1, -0.05) is 11.8 Å². The van der Waals surface area contributed by atoms with Gasteiger partial charge in [0.25, 0.3) is 0 Å². The van der Waals surface area contributed by atoms with Crippen LogP contribution in [0.3, 0.4) is 0 Å². The van der Waals surface area contributed by atoms with Gasteiger partial charge in [0.2, 0.25) is 0 Å². The van der Waals surface area contributed by atoms with Gasteiger partial charge in [0.15, 0.2) is 5.96 Å². The van der Waals surface area contributed by atoms with Gasteiger partial charge in [-0.3, -0.25) is 9.89 Å². The molecular weight excluding hydrogens is 465 g/mol. The Hall–Kier alpha value is -0.0600. The topological polar surface area (TPSA) is 52.6 Å². The lowest BCUT2D eigenvalue weighted by molar-refractivity contribution is 0.173. The van der Waals surface area contributed by atoms with E-state index in [-0.39, 0.29) is 24.0 Å². The molecule has 1 heterocycles. The summed E-state index contributed by atoms with van der Waals surface area (Å²) in [6.07, 6.45) is 4.08. The Morgan fingerprint density at radius 2 is 1.84 bits per heavy atom. The van der Waals surface area contributed by atoms with E-state index in [9.17, 15) is 0 Å². The minimum absolute atomic E-state index is 0. The van der Waals surface area contributed by atoms with Crippen LogP contribution in [0.5, 0.6) is 0 Å². The van der Waals surface area contributed by atoms with Crippen LogP contribution in [0.25, 0.3) is 0 Å². The predicted octanol–water partition coefficient (Wildman–Crippen LogP) is 3.92. The van der Waals surface area contributed by atoms with Crippen LogP contribution in [0.2, 0.25) is 0 Å². The quantitative estimate of drug-likeness (QED) is 0.159. The van der Waals surface area contributed by atoms with Crippen LogP contribution in [0.15, 0.2) is 20.9 Å². The van der Waals surface area contributed by atoms with Gasteiger partial charge in [-0.15, -0.1) is 35.3 Å². The molecule has 5 nitrogen and oxygen atoms in total. The number of rotatable bonds is 11. The van der Waals surface area contributed by atoms with E-state index < -0.39 is 0 Å². The second-order valence-corrected chi connectivity index (χ2v) is 8.44. The van der Waals surface area contributed by atoms with E-state index in [0.717, 1.165) is 48.5 Å². The largest absolute Gasteiger partial charge is 0.356 e. The molecule has 0 aromatic carbocycles. The minimum atomic E-state index is 0. The maximum atomic E-state index is 4.29. The molecule has 0 aliphatic carbocycles. The summed E-state index contributed by atoms with van der Waals surface area (Å²) >= 11 is 3.52. The Morgan fingerprint density at radius 3 is 2.36 bits per heavy atom. The second kappa shape index (κ2) is 15.0. The van der Waals surface area contributed by atoms with Crippen molar-refractivity contribution < 1.29 is 0 Å². The van der Waals surface area contributed by atoms with Gasteiger partial charge in [0.05, 0.1) is 0 Å². The monoisotopic (exact) mass is 499 g/mol. The number of aliphatic imine (C=N–C) groups is 1. The normalized spacial score (nSPS) is 11.9. The lowest BCUT2D eigenvalue weighted by Gasteiger charge is -2.30. The van der Waals surface area contributed by atoms with E-state index in [2.05, 4.69) is 53.2 Å². The Morgan fingerprint density at radius 1 is 1.20 bits per heavy atom. The highest BCUT2D eigenvalue weighted by atomic mass is 127. The summed E-state index contributed by atoms with van der Waals surface area (Å²) in [5, 5.41) is 8.80. The summed E-state index contributed by atoms with van der Waals surface area (Å²) in [5.74, 6) is 1.98. The van der Waals surface area contributed by atoms with Gasteiger partial charge >= 0.3 is 0 Å². The van der Waals surface area contributed by atoms with Crippen LogP contribution in [-0.4, -0.2) is 60.4 Å². The highest BCUT2D eigenvalue weighted by Crippen LogP contribution is 2.20. The average Bonchev–Trinajstić information content (AvgIpc) is 3.04. The van der Waals surface area contributed by atoms with Gasteiger partial charge in [0, 0.05) is 56.1 Å². The van der Waals surface area contributed by atoms with Crippen molar-refractivity contribution >= 4 is 53.0 Å². The SMILES string of the molecule is CN=C(NCCCSc1nccs1)NCCCN(C(C)C)C(C)C.I. The van der Waals surface area contributed by atoms with Crippen molar-refractivity contribution in [3.05, 3.63) is 11.6 Å². The number of hydrogen-bond donors (Lipinski definition) is 2. The van der Waals surface area contributed by atoms with E-state index in [0.29, 0.717) is 12.1 Å². The van der Waals surface area contributed by atoms with Gasteiger partial charge in [-0.05, 0) is 40.5 Å². The molecule has 0 saturated heterocycles. The molecule has 0 radical (unpaired) electrons. The maximum Gasteiger partial charge on any atom is 0.190 e. The molecular formula is C17H34IN5S2. The third-order valence-corrected chi connectivity index (χ3v) is 5.74. The van der Waals surface area contributed by atoms with E-state index in [1.54, 1.807) is 11.3 Å². The zero-order valence-corrected chi connectivity index (χ0v) is 20.1. The molecule has 1 rings (SSSR count). The first-order chi connectivity index (χ1) is 11.5. The maximum absolute atomic E-state index is 4.29. The van der Waals surface area contributed by atoms with Crippen molar-refractivity contribution in [2.45, 2.75) is 57.0 Å². The van der Waals surface area contributed by atoms with E-state index in [4.69, 9.17) is 0 Å². The fraction of sp³-hybridized carbons (Fsp3) is 0.765. The molecule has 2 N–H and O–H groups in total. The fourth-order valence-electron chi connectivity index (χ4n) is 2.52. The summed E-state index contributed by atoms with van der Waals surface area (Å²) < 4.78 is 1.15. The van der Waals surface area contributed by atoms with Crippen molar-refractivity contribution in [1.29, 1.82) is 0 Å². The third kappa shape index (κ3) is 11.3. The van der Waals surface area contributed by atoms with Gasteiger partial charge in [0.1, 0.15) is 4.34 Å². The first-order valence-electron chi connectivity index (χ1n) is 8.77. The molecule has 0 atom stereocenters. The number of thiazole rings is 1. The van der Waals surface area contributed by atoms with Crippen molar-refractivity contribution in [2.24, 2.45) is 4.99 Å². The van der Waals surface area contributed by atoms with Gasteiger partial charge in [-0.2, -0.15) is 0 Å². The van der Waals surface area contributed by atoms with Crippen molar-refractivity contribution in [3.63, 3.8) is 0 Å². The lowest BCUT2D eigenvalue weighted by atomic mass is 10.2. The molecule has 0 aliphatic heterocycles. The molecule has 1 aromatic rings. The van der Waals surface area contributed by atoms with Crippen LogP contribution >= 0.6 is 47.1 Å². The molecule has 25 heavy (non-hydrogen) atoms. The minimum Gasteiger partial charge on any atom is -0.356 e. The summed E-state index contributed by atoms with van der Waals surface area (Å²) in [4.78, 5) is 11.1. The zero-order valence-electron chi connectivity index (χ0n) is 16.1. The smallest absolute Gasteiger partial charge is 0.190 e. The predicted molar refractivity (Wildman–Crippen MR) is 124 cm³/mol. The Labute approximate surface area is 178 Å². The Kier molecular flexibility index (Phi) is 15.0. The molecule has 0 saturated carbocycles. The molecule has 0 bridgehead atoms. The van der Waals surface area contributed by atoms with Gasteiger partial charge < -0.3 is 10.6 Å². The van der Waals surface area contributed by atoms with Crippen LogP contribution in [-0.2, 0) is 0 Å². The Balaban J connectivity index is 0.00000576. The summed E-state index contributed by atoms with van der Waals surface area (Å²) in [6.45, 7) is 12.0. The van der Waals surface area contributed by atoms with Crippen LogP contribution < -0.4 is 10.6 Å². The van der Waals surface area contributed by atoms with Crippen LogP contribution in [0, 0.1) is 0 Å². The van der Waals surface area contributed by atoms with Gasteiger partial charge in [-0.25, -0.2) is 4.98 Å². The molecule has 0 unspecified atom stereocenters. The zero-order chi connectivity index (χ0) is 17.8. The number of nitrogens with zero attached hydrogens (tertiary/aromatic N) is 3. The Bertz CT molecular complexity index is 444. The summed E-state index contributed by atoms with van der Waals surface area (Å²) in [5.41, 5.74) is 0. The lowest BCUT2D eigenvalue weighted by Crippen LogP contribution is -2.41. The van der Waals surface area contributed by atoms with E-state index in [1.807, 2.05) is 30.4 Å². The molecule has 146 valence electrons. The molecule has 8 heteroatoms. The molecule has 1 aromatic heterocycles. The number of thioether (sulfide) groups is 1. The van der Waals surface area contributed by atoms with Crippen LogP contribution in [0.1, 0.15) is 40.5 Å². The highest BCUT2D eigenvalue weighted by Gasteiger charge is 2.12. The molecule has 0 spiro atoms. The standard InChI is InChI=1S/C17H33N5S2.HI/c1-14(2)22(15(3)4)11-6-8-19-16(18-5)20-9-7-12-23-17-21-10-13-24-17;/h10,13-15H,6-9,11-12H2,1-5H3,(H2,18,19,20);1H. The number of hydrogen-bond acceptors (Lipinski definition) is 5. The summed E-state index contributed by atoms with van der Waals surface area (Å²) in [7, 11) is 1.83. The average molecular weight is 500 g/mol. The number of nitrogens with one attached hydrogen (secondary N) is 2. The van der Waals surface area contributed by atoms with Crippen molar-refractivity contribution in [2.75, 3.05) is 32.4 Å². The molecule has 0 fully saturated rings. The fourth-order valence-corrected chi connectivity index (χ4v) is 4.17. The third-order valence-electron chi connectivity index (χ3n) is 3.68. The van der Waals surface area contributed by atoms with Crippen molar-refractivity contribution in [3.8, 4) is 0 Å². The van der Waals surface area contributed by atoms with E-state index >= 15 is 0 Å². The number of aromatic nitrogens is 1. The first-order valence-corrected chi connectivity index (χ1v) is 10.6. The highest BCUT2D eigenvalue weighted by molar-refractivity contribution is 14.0. The molecule has 0 amide bonds. The second-order valence-electron chi connectivity index (χ2n) is 6.20. The number of guanidine groups is 1. The number of halogens is 1. The summed E-state index contributed by atoms with van der Waals surface area (Å²) in [6, 6.07) is 1.19. The first kappa shape index (κ1) is 24.9. The van der Waals surface area contributed by atoms with Crippen molar-refractivity contribution in [1.82, 2.24) is 20.5 Å². The van der Waals surface area contributed by atoms with Crippen LogP contribution in [0.4, 0.5) is 0 Å².